The van der Waals surface area contributed by atoms with Gasteiger partial charge in [-0.3, -0.25) is 4.79 Å². The van der Waals surface area contributed by atoms with Gasteiger partial charge in [-0.15, -0.1) is 0 Å². The molecule has 1 aromatic heterocycles. The van der Waals surface area contributed by atoms with Crippen LogP contribution in [0.1, 0.15) is 35.8 Å². The van der Waals surface area contributed by atoms with Crippen LogP contribution in [0.4, 0.5) is 11.5 Å². The van der Waals surface area contributed by atoms with Gasteiger partial charge in [0, 0.05) is 16.9 Å². The minimum absolute atomic E-state index is 0.183. The van der Waals surface area contributed by atoms with Crippen LogP contribution in [0.25, 0.3) is 0 Å². The van der Waals surface area contributed by atoms with Crippen molar-refractivity contribution < 1.29 is 4.79 Å². The number of pyridine rings is 1. The van der Waals surface area contributed by atoms with Crippen LogP contribution >= 0.6 is 0 Å². The largest absolute Gasteiger partial charge is 0.322 e. The predicted molar refractivity (Wildman–Crippen MR) is 80.5 cm³/mol. The van der Waals surface area contributed by atoms with Gasteiger partial charge < -0.3 is 10.7 Å². The maximum atomic E-state index is 12.2. The Morgan fingerprint density at radius 1 is 1.20 bits per heavy atom. The van der Waals surface area contributed by atoms with Crippen molar-refractivity contribution in [2.24, 2.45) is 5.84 Å². The summed E-state index contributed by atoms with van der Waals surface area (Å²) in [5, 5.41) is 2.84. The molecule has 1 heterocycles. The molecular weight excluding hydrogens is 252 g/mol. The monoisotopic (exact) mass is 270 g/mol. The Bertz CT molecular complexity index is 596. The first-order valence-electron chi connectivity index (χ1n) is 6.45. The average Bonchev–Trinajstić information content (AvgIpc) is 2.47. The Kier molecular flexibility index (Phi) is 4.32. The maximum absolute atomic E-state index is 12.2. The van der Waals surface area contributed by atoms with E-state index in [4.69, 9.17) is 5.84 Å². The lowest BCUT2D eigenvalue weighted by Crippen LogP contribution is -2.16. The third kappa shape index (κ3) is 3.33. The quantitative estimate of drug-likeness (QED) is 0.589. The van der Waals surface area contributed by atoms with Gasteiger partial charge >= 0.3 is 0 Å². The number of benzene rings is 1. The second-order valence-corrected chi connectivity index (χ2v) is 4.79. The molecule has 0 atom stereocenters. The van der Waals surface area contributed by atoms with Crippen LogP contribution in [0.5, 0.6) is 0 Å². The van der Waals surface area contributed by atoms with E-state index in [0.29, 0.717) is 11.4 Å². The van der Waals surface area contributed by atoms with Gasteiger partial charge in [-0.2, -0.15) is 0 Å². The number of hydrazine groups is 1. The van der Waals surface area contributed by atoms with E-state index in [1.807, 2.05) is 44.2 Å². The van der Waals surface area contributed by atoms with E-state index in [1.54, 1.807) is 12.1 Å². The molecule has 0 spiro atoms. The molecule has 0 radical (unpaired) electrons. The lowest BCUT2D eigenvalue weighted by atomic mass is 10.1. The van der Waals surface area contributed by atoms with E-state index in [-0.39, 0.29) is 11.8 Å². The van der Waals surface area contributed by atoms with Gasteiger partial charge in [-0.05, 0) is 30.2 Å². The highest BCUT2D eigenvalue weighted by Gasteiger charge is 2.11. The molecular formula is C15H18N4O. The molecule has 4 N–H and O–H groups in total. The summed E-state index contributed by atoms with van der Waals surface area (Å²) >= 11 is 0. The van der Waals surface area contributed by atoms with E-state index < -0.39 is 0 Å². The van der Waals surface area contributed by atoms with Gasteiger partial charge in [0.2, 0.25) is 0 Å². The maximum Gasteiger partial charge on any atom is 0.255 e. The summed E-state index contributed by atoms with van der Waals surface area (Å²) in [6.45, 7) is 4.03. The molecule has 0 fully saturated rings. The van der Waals surface area contributed by atoms with Gasteiger partial charge in [0.15, 0.2) is 0 Å². The molecule has 0 aliphatic carbocycles. The summed E-state index contributed by atoms with van der Waals surface area (Å²) in [6, 6.07) is 12.7. The van der Waals surface area contributed by atoms with Gasteiger partial charge in [0.25, 0.3) is 5.91 Å². The highest BCUT2D eigenvalue weighted by Crippen LogP contribution is 2.18. The number of nitrogen functional groups attached to an aromatic ring is 1. The van der Waals surface area contributed by atoms with Crippen molar-refractivity contribution in [3.8, 4) is 0 Å². The third-order valence-corrected chi connectivity index (χ3v) is 2.88. The summed E-state index contributed by atoms with van der Waals surface area (Å²) in [6.07, 6.45) is 0. The third-order valence-electron chi connectivity index (χ3n) is 2.88. The Balaban J connectivity index is 2.27. The van der Waals surface area contributed by atoms with Gasteiger partial charge in [0.1, 0.15) is 5.82 Å². The summed E-state index contributed by atoms with van der Waals surface area (Å²) < 4.78 is 0. The van der Waals surface area contributed by atoms with Crippen LogP contribution in [0.3, 0.4) is 0 Å². The number of nitrogens with zero attached hydrogens (tertiary/aromatic N) is 1. The zero-order chi connectivity index (χ0) is 14.5. The number of hydrogen-bond acceptors (Lipinski definition) is 4. The Morgan fingerprint density at radius 2 is 1.90 bits per heavy atom. The zero-order valence-corrected chi connectivity index (χ0v) is 11.6. The Hall–Kier alpha value is -2.40. The van der Waals surface area contributed by atoms with Crippen molar-refractivity contribution in [1.29, 1.82) is 0 Å². The van der Waals surface area contributed by atoms with E-state index in [2.05, 4.69) is 15.7 Å². The molecule has 5 heteroatoms. The van der Waals surface area contributed by atoms with Crippen molar-refractivity contribution >= 4 is 17.4 Å². The highest BCUT2D eigenvalue weighted by atomic mass is 16.1. The average molecular weight is 270 g/mol. The van der Waals surface area contributed by atoms with Crippen LogP contribution in [0.15, 0.2) is 42.5 Å². The van der Waals surface area contributed by atoms with E-state index in [1.165, 1.54) is 0 Å². The molecule has 0 aliphatic rings. The number of hydrogen-bond donors (Lipinski definition) is 3. The highest BCUT2D eigenvalue weighted by molar-refractivity contribution is 6.04. The predicted octanol–water partition coefficient (Wildman–Crippen LogP) is 2.74. The van der Waals surface area contributed by atoms with Crippen molar-refractivity contribution in [2.75, 3.05) is 10.7 Å². The van der Waals surface area contributed by atoms with Gasteiger partial charge in [-0.25, -0.2) is 10.8 Å². The van der Waals surface area contributed by atoms with E-state index in [9.17, 15) is 4.79 Å². The summed E-state index contributed by atoms with van der Waals surface area (Å²) in [5.41, 5.74) is 4.59. The van der Waals surface area contributed by atoms with E-state index >= 15 is 0 Å². The molecule has 20 heavy (non-hydrogen) atoms. The standard InChI is InChI=1S/C15H18N4O/c1-10(2)13-8-11(9-14(18-13)19-16)15(20)17-12-6-4-3-5-7-12/h3-10H,16H2,1-2H3,(H,17,20)(H,18,19). The number of carbonyl (C=O) groups is 1. The zero-order valence-electron chi connectivity index (χ0n) is 11.6. The summed E-state index contributed by atoms with van der Waals surface area (Å²) in [7, 11) is 0. The molecule has 0 saturated carbocycles. The van der Waals surface area contributed by atoms with E-state index in [0.717, 1.165) is 11.4 Å². The molecule has 2 aromatic rings. The first-order valence-corrected chi connectivity index (χ1v) is 6.45. The minimum Gasteiger partial charge on any atom is -0.322 e. The number of anilines is 2. The number of amides is 1. The number of nitrogens with one attached hydrogen (secondary N) is 2. The van der Waals surface area contributed by atoms with Crippen LogP contribution in [-0.4, -0.2) is 10.9 Å². The fraction of sp³-hybridized carbons (Fsp3) is 0.200. The van der Waals surface area contributed by atoms with Crippen molar-refractivity contribution in [3.05, 3.63) is 53.7 Å². The Morgan fingerprint density at radius 3 is 2.50 bits per heavy atom. The summed E-state index contributed by atoms with van der Waals surface area (Å²) in [5.74, 6) is 5.91. The number of rotatable bonds is 4. The SMILES string of the molecule is CC(C)c1cc(C(=O)Nc2ccccc2)cc(NN)n1. The van der Waals surface area contributed by atoms with Gasteiger partial charge in [0.05, 0.1) is 0 Å². The molecule has 2 rings (SSSR count). The Labute approximate surface area is 118 Å². The molecule has 0 unspecified atom stereocenters. The van der Waals surface area contributed by atoms with Crippen molar-refractivity contribution in [3.63, 3.8) is 0 Å². The lowest BCUT2D eigenvalue weighted by molar-refractivity contribution is 0.102. The minimum atomic E-state index is -0.183. The van der Waals surface area contributed by atoms with Crippen LogP contribution < -0.4 is 16.6 Å². The molecule has 0 aliphatic heterocycles. The second-order valence-electron chi connectivity index (χ2n) is 4.79. The molecule has 0 bridgehead atoms. The lowest BCUT2D eigenvalue weighted by Gasteiger charge is -2.11. The number of carbonyl (C=O) groups excluding carboxylic acids is 1. The smallest absolute Gasteiger partial charge is 0.255 e. The van der Waals surface area contributed by atoms with Crippen LogP contribution in [0.2, 0.25) is 0 Å². The number of aromatic nitrogens is 1. The first-order chi connectivity index (χ1) is 9.60. The van der Waals surface area contributed by atoms with Crippen LogP contribution in [-0.2, 0) is 0 Å². The molecule has 1 aromatic carbocycles. The van der Waals surface area contributed by atoms with Crippen LogP contribution in [0, 0.1) is 0 Å². The molecule has 0 saturated heterocycles. The summed E-state index contributed by atoms with van der Waals surface area (Å²) in [4.78, 5) is 16.6. The number of para-hydroxylation sites is 1. The normalized spacial score (nSPS) is 10.4. The molecule has 5 nitrogen and oxygen atoms in total. The fourth-order valence-corrected chi connectivity index (χ4v) is 1.78. The molecule has 1 amide bonds. The number of nitrogens with two attached hydrogens (primary N) is 1. The fourth-order valence-electron chi connectivity index (χ4n) is 1.78. The van der Waals surface area contributed by atoms with Crippen molar-refractivity contribution in [2.45, 2.75) is 19.8 Å². The topological polar surface area (TPSA) is 80.0 Å². The van der Waals surface area contributed by atoms with Gasteiger partial charge in [-0.1, -0.05) is 32.0 Å². The second kappa shape index (κ2) is 6.16. The first kappa shape index (κ1) is 14.0. The van der Waals surface area contributed by atoms with Crippen molar-refractivity contribution in [1.82, 2.24) is 4.98 Å². The molecule has 104 valence electrons.